The first-order valence-electron chi connectivity index (χ1n) is 6.65. The van der Waals surface area contributed by atoms with E-state index in [1.165, 1.54) is 22.1 Å². The van der Waals surface area contributed by atoms with Crippen molar-refractivity contribution in [2.24, 2.45) is 0 Å². The predicted octanol–water partition coefficient (Wildman–Crippen LogP) is 1.64. The maximum atomic E-state index is 12.0. The first kappa shape index (κ1) is 14.7. The molecule has 0 unspecified atom stereocenters. The van der Waals surface area contributed by atoms with Gasteiger partial charge in [-0.1, -0.05) is 18.2 Å². The molecule has 1 atom stereocenters. The minimum atomic E-state index is -0.171. The van der Waals surface area contributed by atoms with Gasteiger partial charge in [-0.05, 0) is 37.5 Å². The molecule has 0 saturated heterocycles. The van der Waals surface area contributed by atoms with Gasteiger partial charge in [0.1, 0.15) is 18.9 Å². The molecule has 6 heteroatoms. The first-order chi connectivity index (χ1) is 9.99. The van der Waals surface area contributed by atoms with Crippen LogP contribution in [0.4, 0.5) is 0 Å². The number of nitrogens with zero attached hydrogens (tertiary/aromatic N) is 4. The molecule has 1 heterocycles. The second-order valence-corrected chi connectivity index (χ2v) is 5.01. The van der Waals surface area contributed by atoms with E-state index in [0.717, 1.165) is 5.56 Å². The van der Waals surface area contributed by atoms with E-state index in [4.69, 9.17) is 5.26 Å². The van der Waals surface area contributed by atoms with Crippen LogP contribution in [0.25, 0.3) is 0 Å². The van der Waals surface area contributed by atoms with Crippen molar-refractivity contribution in [3.63, 3.8) is 0 Å². The number of hydrogen-bond donors (Lipinski definition) is 1. The lowest BCUT2D eigenvalue weighted by Gasteiger charge is -2.15. The SMILES string of the molecule is Cc1ccc([C@@H](C)NC(=O)Cn2cnc(C#N)n2)cc1C. The second kappa shape index (κ2) is 6.18. The average molecular weight is 283 g/mol. The highest BCUT2D eigenvalue weighted by Crippen LogP contribution is 2.16. The van der Waals surface area contributed by atoms with Crippen LogP contribution in [0.5, 0.6) is 0 Å². The predicted molar refractivity (Wildman–Crippen MR) is 77.2 cm³/mol. The molecule has 0 aliphatic heterocycles. The Morgan fingerprint density at radius 3 is 2.81 bits per heavy atom. The highest BCUT2D eigenvalue weighted by molar-refractivity contribution is 5.76. The summed E-state index contributed by atoms with van der Waals surface area (Å²) >= 11 is 0. The quantitative estimate of drug-likeness (QED) is 0.924. The van der Waals surface area contributed by atoms with Crippen molar-refractivity contribution in [3.05, 3.63) is 47.0 Å². The molecule has 0 fully saturated rings. The van der Waals surface area contributed by atoms with Crippen LogP contribution in [0.2, 0.25) is 0 Å². The first-order valence-corrected chi connectivity index (χ1v) is 6.65. The summed E-state index contributed by atoms with van der Waals surface area (Å²) in [6.45, 7) is 6.08. The summed E-state index contributed by atoms with van der Waals surface area (Å²) in [7, 11) is 0. The minimum absolute atomic E-state index is 0.0455. The summed E-state index contributed by atoms with van der Waals surface area (Å²) in [6.07, 6.45) is 1.37. The van der Waals surface area contributed by atoms with Crippen LogP contribution >= 0.6 is 0 Å². The Morgan fingerprint density at radius 2 is 2.19 bits per heavy atom. The molecule has 2 rings (SSSR count). The Hall–Kier alpha value is -2.68. The normalized spacial score (nSPS) is 11.7. The van der Waals surface area contributed by atoms with Gasteiger partial charge >= 0.3 is 0 Å². The van der Waals surface area contributed by atoms with Crippen molar-refractivity contribution in [2.75, 3.05) is 0 Å². The van der Waals surface area contributed by atoms with E-state index in [1.807, 2.05) is 32.0 Å². The van der Waals surface area contributed by atoms with Gasteiger partial charge in [-0.15, -0.1) is 5.10 Å². The maximum Gasteiger partial charge on any atom is 0.252 e. The van der Waals surface area contributed by atoms with Gasteiger partial charge in [0.25, 0.3) is 5.82 Å². The van der Waals surface area contributed by atoms with Gasteiger partial charge < -0.3 is 5.32 Å². The maximum absolute atomic E-state index is 12.0. The van der Waals surface area contributed by atoms with Gasteiger partial charge in [0.2, 0.25) is 5.91 Å². The van der Waals surface area contributed by atoms with Crippen LogP contribution < -0.4 is 5.32 Å². The fourth-order valence-electron chi connectivity index (χ4n) is 1.97. The van der Waals surface area contributed by atoms with Crippen molar-refractivity contribution in [1.29, 1.82) is 5.26 Å². The number of carbonyl (C=O) groups excluding carboxylic acids is 1. The lowest BCUT2D eigenvalue weighted by Crippen LogP contribution is -2.30. The molecule has 1 aromatic carbocycles. The van der Waals surface area contributed by atoms with Crippen LogP contribution in [-0.2, 0) is 11.3 Å². The van der Waals surface area contributed by atoms with Crippen LogP contribution in [-0.4, -0.2) is 20.7 Å². The minimum Gasteiger partial charge on any atom is -0.348 e. The number of rotatable bonds is 4. The molecular weight excluding hydrogens is 266 g/mol. The third kappa shape index (κ3) is 3.66. The van der Waals surface area contributed by atoms with E-state index in [9.17, 15) is 4.79 Å². The largest absolute Gasteiger partial charge is 0.348 e. The van der Waals surface area contributed by atoms with E-state index in [0.29, 0.717) is 0 Å². The van der Waals surface area contributed by atoms with Gasteiger partial charge in [0, 0.05) is 0 Å². The van der Waals surface area contributed by atoms with Crippen LogP contribution in [0.15, 0.2) is 24.5 Å². The number of aromatic nitrogens is 3. The van der Waals surface area contributed by atoms with E-state index in [-0.39, 0.29) is 24.3 Å². The molecule has 0 radical (unpaired) electrons. The number of benzene rings is 1. The van der Waals surface area contributed by atoms with Gasteiger partial charge in [-0.25, -0.2) is 9.67 Å². The molecule has 0 aliphatic carbocycles. The molecule has 21 heavy (non-hydrogen) atoms. The van der Waals surface area contributed by atoms with Crippen LogP contribution in [0, 0.1) is 25.2 Å². The Morgan fingerprint density at radius 1 is 1.43 bits per heavy atom. The fourth-order valence-corrected chi connectivity index (χ4v) is 1.97. The highest BCUT2D eigenvalue weighted by atomic mass is 16.2. The number of amides is 1. The van der Waals surface area contributed by atoms with Crippen molar-refractivity contribution < 1.29 is 4.79 Å². The lowest BCUT2D eigenvalue weighted by atomic mass is 10.0. The van der Waals surface area contributed by atoms with E-state index >= 15 is 0 Å². The van der Waals surface area contributed by atoms with Gasteiger partial charge in [0.05, 0.1) is 6.04 Å². The lowest BCUT2D eigenvalue weighted by molar-refractivity contribution is -0.122. The molecule has 0 spiro atoms. The second-order valence-electron chi connectivity index (χ2n) is 5.01. The topological polar surface area (TPSA) is 83.6 Å². The van der Waals surface area contributed by atoms with Crippen molar-refractivity contribution in [1.82, 2.24) is 20.1 Å². The molecule has 1 aromatic heterocycles. The van der Waals surface area contributed by atoms with Crippen LogP contribution in [0.3, 0.4) is 0 Å². The molecule has 1 amide bonds. The molecule has 0 aliphatic rings. The Labute approximate surface area is 123 Å². The zero-order valence-corrected chi connectivity index (χ0v) is 12.3. The molecule has 108 valence electrons. The highest BCUT2D eigenvalue weighted by Gasteiger charge is 2.11. The van der Waals surface area contributed by atoms with Crippen molar-refractivity contribution >= 4 is 5.91 Å². The molecule has 1 N–H and O–H groups in total. The summed E-state index contributed by atoms with van der Waals surface area (Å²) in [5.74, 6) is -0.111. The zero-order chi connectivity index (χ0) is 15.4. The van der Waals surface area contributed by atoms with Crippen molar-refractivity contribution in [2.45, 2.75) is 33.4 Å². The van der Waals surface area contributed by atoms with Crippen LogP contribution in [0.1, 0.15) is 35.5 Å². The molecule has 0 bridgehead atoms. The van der Waals surface area contributed by atoms with Crippen molar-refractivity contribution in [3.8, 4) is 6.07 Å². The number of aryl methyl sites for hydroxylation is 2. The van der Waals surface area contributed by atoms with E-state index < -0.39 is 0 Å². The summed E-state index contributed by atoms with van der Waals surface area (Å²) in [6, 6.07) is 7.87. The number of hydrogen-bond acceptors (Lipinski definition) is 4. The third-order valence-corrected chi connectivity index (χ3v) is 3.35. The number of nitrogens with one attached hydrogen (secondary N) is 1. The monoisotopic (exact) mass is 283 g/mol. The van der Waals surface area contributed by atoms with E-state index in [1.54, 1.807) is 0 Å². The molecule has 0 saturated carbocycles. The van der Waals surface area contributed by atoms with E-state index in [2.05, 4.69) is 28.4 Å². The summed E-state index contributed by atoms with van der Waals surface area (Å²) < 4.78 is 1.35. The van der Waals surface area contributed by atoms with Gasteiger partial charge in [-0.2, -0.15) is 5.26 Å². The summed E-state index contributed by atoms with van der Waals surface area (Å²) in [5, 5.41) is 15.4. The molecular formula is C15H17N5O. The number of nitriles is 1. The third-order valence-electron chi connectivity index (χ3n) is 3.35. The van der Waals surface area contributed by atoms with Gasteiger partial charge in [0.15, 0.2) is 0 Å². The molecule has 6 nitrogen and oxygen atoms in total. The fraction of sp³-hybridized carbons (Fsp3) is 0.333. The number of carbonyl (C=O) groups is 1. The Kier molecular flexibility index (Phi) is 4.33. The summed E-state index contributed by atoms with van der Waals surface area (Å²) in [5.41, 5.74) is 3.48. The average Bonchev–Trinajstić information content (AvgIpc) is 2.89. The molecule has 2 aromatic rings. The standard InChI is InChI=1S/C15H17N5O/c1-10-4-5-13(6-11(10)2)12(3)18-15(21)8-20-9-17-14(7-16)19-20/h4-6,9,12H,8H2,1-3H3,(H,18,21)/t12-/m1/s1. The van der Waals surface area contributed by atoms with Gasteiger partial charge in [-0.3, -0.25) is 4.79 Å². The zero-order valence-electron chi connectivity index (χ0n) is 12.3. The Bertz CT molecular complexity index is 698. The smallest absolute Gasteiger partial charge is 0.252 e. The summed E-state index contributed by atoms with van der Waals surface area (Å²) in [4.78, 5) is 15.7. The Balaban J connectivity index is 1.98.